The van der Waals surface area contributed by atoms with Gasteiger partial charge in [0.15, 0.2) is 5.65 Å². The summed E-state index contributed by atoms with van der Waals surface area (Å²) in [5, 5.41) is 15.1. The Morgan fingerprint density at radius 2 is 1.80 bits per heavy atom. The van der Waals surface area contributed by atoms with E-state index in [1.54, 1.807) is 17.1 Å². The van der Waals surface area contributed by atoms with Crippen molar-refractivity contribution in [3.05, 3.63) is 66.1 Å². The van der Waals surface area contributed by atoms with Gasteiger partial charge in [-0.15, -0.1) is 0 Å². The fourth-order valence-corrected chi connectivity index (χ4v) is 3.00. The number of nitrogen functional groups attached to an aromatic ring is 1. The summed E-state index contributed by atoms with van der Waals surface area (Å²) < 4.78 is 1.76. The predicted molar refractivity (Wildman–Crippen MR) is 96.0 cm³/mol. The number of hydrogen-bond donors (Lipinski definition) is 1. The Bertz CT molecular complexity index is 1110. The Morgan fingerprint density at radius 1 is 1.08 bits per heavy atom. The minimum atomic E-state index is 0.193. The van der Waals surface area contributed by atoms with Gasteiger partial charge in [0.25, 0.3) is 0 Å². The fourth-order valence-electron chi connectivity index (χ4n) is 3.00. The van der Waals surface area contributed by atoms with Crippen molar-refractivity contribution < 1.29 is 0 Å². The molecule has 2 N–H and O–H groups in total. The summed E-state index contributed by atoms with van der Waals surface area (Å²) in [6.45, 7) is 1.91. The number of aryl methyl sites for hydroxylation is 1. The molecule has 0 amide bonds. The first kappa shape index (κ1) is 14.8. The molecule has 0 spiro atoms. The predicted octanol–water partition coefficient (Wildman–Crippen LogP) is 3.24. The normalized spacial score (nSPS) is 10.7. The highest BCUT2D eigenvalue weighted by Gasteiger charge is 2.21. The lowest BCUT2D eigenvalue weighted by atomic mass is 9.98. The molecule has 3 aromatic heterocycles. The Labute approximate surface area is 144 Å². The quantitative estimate of drug-likeness (QED) is 0.610. The van der Waals surface area contributed by atoms with E-state index >= 15 is 0 Å². The molecule has 0 aliphatic rings. The second-order valence-electron chi connectivity index (χ2n) is 5.63. The lowest BCUT2D eigenvalue weighted by Gasteiger charge is -2.09. The second kappa shape index (κ2) is 5.73. The van der Waals surface area contributed by atoms with Crippen LogP contribution >= 0.6 is 0 Å². The fraction of sp³-hybridized carbons (Fsp3) is 0.0526. The van der Waals surface area contributed by atoms with Crippen LogP contribution in [0.4, 0.5) is 5.82 Å². The van der Waals surface area contributed by atoms with E-state index < -0.39 is 0 Å². The number of rotatable bonds is 2. The summed E-state index contributed by atoms with van der Waals surface area (Å²) in [5.41, 5.74) is 10.4. The number of anilines is 1. The molecule has 0 saturated carbocycles. The molecular formula is C19H14N6. The highest BCUT2D eigenvalue weighted by Crippen LogP contribution is 2.36. The summed E-state index contributed by atoms with van der Waals surface area (Å²) in [4.78, 5) is 8.52. The van der Waals surface area contributed by atoms with Crippen molar-refractivity contribution in [1.29, 1.82) is 5.26 Å². The number of hydrogen-bond acceptors (Lipinski definition) is 5. The molecule has 120 valence electrons. The maximum Gasteiger partial charge on any atom is 0.166 e. The van der Waals surface area contributed by atoms with E-state index in [9.17, 15) is 5.26 Å². The van der Waals surface area contributed by atoms with Gasteiger partial charge in [-0.3, -0.25) is 4.98 Å². The number of nitriles is 1. The molecular weight excluding hydrogens is 312 g/mol. The van der Waals surface area contributed by atoms with Gasteiger partial charge in [0.05, 0.1) is 16.8 Å². The number of benzene rings is 1. The average molecular weight is 326 g/mol. The topological polar surface area (TPSA) is 93.4 Å². The van der Waals surface area contributed by atoms with Crippen molar-refractivity contribution >= 4 is 16.9 Å². The molecule has 25 heavy (non-hydrogen) atoms. The third-order valence-corrected chi connectivity index (χ3v) is 4.10. The van der Waals surface area contributed by atoms with Crippen LogP contribution in [-0.2, 0) is 0 Å². The standard InChI is InChI=1S/C19H14N6/c1-12-16-17(13-7-9-22-10-8-13)15(11-20)18(21)23-19(16)25(24-12)14-5-3-2-4-6-14/h2-10H,1H3,(H2,21,23). The molecule has 4 rings (SSSR count). The molecule has 3 heterocycles. The number of pyridine rings is 2. The summed E-state index contributed by atoms with van der Waals surface area (Å²) in [6, 6.07) is 15.6. The Hall–Kier alpha value is -3.72. The molecule has 4 aromatic rings. The van der Waals surface area contributed by atoms with Gasteiger partial charge in [0, 0.05) is 18.0 Å². The van der Waals surface area contributed by atoms with Crippen LogP contribution in [0.2, 0.25) is 0 Å². The van der Waals surface area contributed by atoms with E-state index in [1.807, 2.05) is 49.4 Å². The third kappa shape index (κ3) is 2.30. The second-order valence-corrected chi connectivity index (χ2v) is 5.63. The molecule has 0 radical (unpaired) electrons. The van der Waals surface area contributed by atoms with Crippen LogP contribution in [0.1, 0.15) is 11.3 Å². The van der Waals surface area contributed by atoms with Gasteiger partial charge in [-0.1, -0.05) is 18.2 Å². The van der Waals surface area contributed by atoms with E-state index in [0.717, 1.165) is 27.9 Å². The number of nitrogens with zero attached hydrogens (tertiary/aromatic N) is 5. The molecule has 0 unspecified atom stereocenters. The van der Waals surface area contributed by atoms with Crippen molar-refractivity contribution in [3.8, 4) is 22.9 Å². The van der Waals surface area contributed by atoms with Crippen LogP contribution < -0.4 is 5.73 Å². The molecule has 0 bridgehead atoms. The van der Waals surface area contributed by atoms with Crippen LogP contribution in [-0.4, -0.2) is 19.7 Å². The number of aromatic nitrogens is 4. The Morgan fingerprint density at radius 3 is 2.48 bits per heavy atom. The Kier molecular flexibility index (Phi) is 3.40. The van der Waals surface area contributed by atoms with Gasteiger partial charge in [-0.25, -0.2) is 9.67 Å². The van der Waals surface area contributed by atoms with E-state index in [2.05, 4.69) is 21.1 Å². The molecule has 0 atom stereocenters. The lowest BCUT2D eigenvalue weighted by molar-refractivity contribution is 0.878. The SMILES string of the molecule is Cc1nn(-c2ccccc2)c2nc(N)c(C#N)c(-c3ccncc3)c12. The minimum absolute atomic E-state index is 0.193. The van der Waals surface area contributed by atoms with Crippen molar-refractivity contribution in [2.75, 3.05) is 5.73 Å². The van der Waals surface area contributed by atoms with Crippen LogP contribution in [0, 0.1) is 18.3 Å². The summed E-state index contributed by atoms with van der Waals surface area (Å²) in [6.07, 6.45) is 3.38. The minimum Gasteiger partial charge on any atom is -0.383 e. The van der Waals surface area contributed by atoms with Gasteiger partial charge in [0.1, 0.15) is 17.5 Å². The molecule has 0 fully saturated rings. The molecule has 0 aliphatic heterocycles. The highest BCUT2D eigenvalue weighted by atomic mass is 15.3. The lowest BCUT2D eigenvalue weighted by Crippen LogP contribution is -2.02. The van der Waals surface area contributed by atoms with Gasteiger partial charge < -0.3 is 5.73 Å². The summed E-state index contributed by atoms with van der Waals surface area (Å²) in [7, 11) is 0. The Balaban J connectivity index is 2.14. The van der Waals surface area contributed by atoms with Crippen LogP contribution in [0.3, 0.4) is 0 Å². The van der Waals surface area contributed by atoms with E-state index in [1.165, 1.54) is 0 Å². The maximum absolute atomic E-state index is 9.62. The molecule has 1 aromatic carbocycles. The van der Waals surface area contributed by atoms with Gasteiger partial charge in [-0.2, -0.15) is 10.4 Å². The summed E-state index contributed by atoms with van der Waals surface area (Å²) in [5.74, 6) is 0.193. The molecule has 6 heteroatoms. The van der Waals surface area contributed by atoms with Gasteiger partial charge in [-0.05, 0) is 36.8 Å². The number of fused-ring (bicyclic) bond motifs is 1. The van der Waals surface area contributed by atoms with Gasteiger partial charge >= 0.3 is 0 Å². The van der Waals surface area contributed by atoms with Crippen molar-refractivity contribution in [3.63, 3.8) is 0 Å². The maximum atomic E-state index is 9.62. The van der Waals surface area contributed by atoms with E-state index in [-0.39, 0.29) is 5.82 Å². The largest absolute Gasteiger partial charge is 0.383 e. The first-order chi connectivity index (χ1) is 12.2. The van der Waals surface area contributed by atoms with Crippen LogP contribution in [0.5, 0.6) is 0 Å². The molecule has 6 nitrogen and oxygen atoms in total. The third-order valence-electron chi connectivity index (χ3n) is 4.10. The van der Waals surface area contributed by atoms with Crippen molar-refractivity contribution in [2.24, 2.45) is 0 Å². The van der Waals surface area contributed by atoms with Crippen molar-refractivity contribution in [2.45, 2.75) is 6.92 Å². The van der Waals surface area contributed by atoms with E-state index in [0.29, 0.717) is 11.2 Å². The molecule has 0 saturated heterocycles. The first-order valence-electron chi connectivity index (χ1n) is 7.75. The van der Waals surface area contributed by atoms with Gasteiger partial charge in [0.2, 0.25) is 0 Å². The number of para-hydroxylation sites is 1. The zero-order chi connectivity index (χ0) is 17.4. The zero-order valence-corrected chi connectivity index (χ0v) is 13.5. The highest BCUT2D eigenvalue weighted by molar-refractivity contribution is 6.00. The summed E-state index contributed by atoms with van der Waals surface area (Å²) >= 11 is 0. The first-order valence-corrected chi connectivity index (χ1v) is 7.75. The molecule has 0 aliphatic carbocycles. The number of nitrogens with two attached hydrogens (primary N) is 1. The smallest absolute Gasteiger partial charge is 0.166 e. The average Bonchev–Trinajstić information content (AvgIpc) is 2.98. The zero-order valence-electron chi connectivity index (χ0n) is 13.5. The van der Waals surface area contributed by atoms with Crippen molar-refractivity contribution in [1.82, 2.24) is 19.7 Å². The van der Waals surface area contributed by atoms with Crippen LogP contribution in [0.15, 0.2) is 54.9 Å². The van der Waals surface area contributed by atoms with Crippen LogP contribution in [0.25, 0.3) is 27.8 Å². The van der Waals surface area contributed by atoms with E-state index in [4.69, 9.17) is 5.73 Å². The monoisotopic (exact) mass is 326 g/mol.